The van der Waals surface area contributed by atoms with Crippen molar-refractivity contribution in [2.45, 2.75) is 31.8 Å². The Balaban J connectivity index is 1.95. The predicted octanol–water partition coefficient (Wildman–Crippen LogP) is 0.688. The van der Waals surface area contributed by atoms with Crippen LogP contribution in [0.25, 0.3) is 0 Å². The highest BCUT2D eigenvalue weighted by atomic mass is 15.2. The maximum atomic E-state index is 3.49. The molecule has 0 aromatic rings. The molecule has 2 fully saturated rings. The van der Waals surface area contributed by atoms with Gasteiger partial charge in [-0.15, -0.1) is 0 Å². The van der Waals surface area contributed by atoms with E-state index in [1.165, 1.54) is 25.9 Å². The molecule has 11 heavy (non-hydrogen) atoms. The fraction of sp³-hybridized carbons (Fsp3) is 1.00. The average Bonchev–Trinajstić information content (AvgIpc) is 2.77. The quantitative estimate of drug-likeness (QED) is 0.598. The van der Waals surface area contributed by atoms with Crippen molar-refractivity contribution in [1.82, 2.24) is 10.2 Å². The largest absolute Gasteiger partial charge is 0.314 e. The smallest absolute Gasteiger partial charge is 0.0249 e. The zero-order valence-electron chi connectivity index (χ0n) is 7.51. The van der Waals surface area contributed by atoms with E-state index in [9.17, 15) is 0 Å². The summed E-state index contributed by atoms with van der Waals surface area (Å²) in [5.41, 5.74) is 0. The van der Waals surface area contributed by atoms with Crippen molar-refractivity contribution in [3.63, 3.8) is 0 Å². The molecule has 2 heteroatoms. The molecule has 1 unspecified atom stereocenters. The van der Waals surface area contributed by atoms with E-state index >= 15 is 0 Å². The van der Waals surface area contributed by atoms with Crippen molar-refractivity contribution in [2.24, 2.45) is 5.92 Å². The van der Waals surface area contributed by atoms with Gasteiger partial charge in [-0.05, 0) is 32.7 Å². The summed E-state index contributed by atoms with van der Waals surface area (Å²) in [6.45, 7) is 4.69. The van der Waals surface area contributed by atoms with Gasteiger partial charge in [0.2, 0.25) is 0 Å². The number of piperazine rings is 1. The van der Waals surface area contributed by atoms with E-state index in [0.29, 0.717) is 0 Å². The topological polar surface area (TPSA) is 15.3 Å². The Hall–Kier alpha value is -0.0800. The van der Waals surface area contributed by atoms with Gasteiger partial charge in [0.05, 0.1) is 0 Å². The molecule has 0 amide bonds. The molecule has 2 aliphatic rings. The highest BCUT2D eigenvalue weighted by Gasteiger charge is 2.36. The Morgan fingerprint density at radius 2 is 2.00 bits per heavy atom. The molecular weight excluding hydrogens is 136 g/mol. The minimum Gasteiger partial charge on any atom is -0.314 e. The van der Waals surface area contributed by atoms with Gasteiger partial charge in [0.15, 0.2) is 0 Å². The van der Waals surface area contributed by atoms with Gasteiger partial charge in [-0.25, -0.2) is 0 Å². The van der Waals surface area contributed by atoms with E-state index in [2.05, 4.69) is 24.2 Å². The molecule has 1 aliphatic heterocycles. The lowest BCUT2D eigenvalue weighted by atomic mass is 10.1. The second-order valence-corrected chi connectivity index (χ2v) is 4.08. The Kier molecular flexibility index (Phi) is 1.90. The maximum absolute atomic E-state index is 3.49. The van der Waals surface area contributed by atoms with Crippen LogP contribution in [0.4, 0.5) is 0 Å². The van der Waals surface area contributed by atoms with Crippen LogP contribution in [-0.4, -0.2) is 37.1 Å². The molecule has 64 valence electrons. The molecule has 0 bridgehead atoms. The van der Waals surface area contributed by atoms with Gasteiger partial charge >= 0.3 is 0 Å². The lowest BCUT2D eigenvalue weighted by Gasteiger charge is -2.38. The zero-order valence-corrected chi connectivity index (χ0v) is 7.51. The molecule has 1 saturated heterocycles. The van der Waals surface area contributed by atoms with Gasteiger partial charge in [-0.1, -0.05) is 0 Å². The molecule has 2 rings (SSSR count). The minimum atomic E-state index is 0.731. The third-order valence-corrected chi connectivity index (χ3v) is 3.18. The number of rotatable bonds is 1. The summed E-state index contributed by atoms with van der Waals surface area (Å²) < 4.78 is 0. The Morgan fingerprint density at radius 3 is 2.64 bits per heavy atom. The van der Waals surface area contributed by atoms with E-state index in [4.69, 9.17) is 0 Å². The molecular formula is C9H18N2. The van der Waals surface area contributed by atoms with Gasteiger partial charge in [0.1, 0.15) is 0 Å². The lowest BCUT2D eigenvalue weighted by Crippen LogP contribution is -2.55. The number of hydrogen-bond donors (Lipinski definition) is 1. The first kappa shape index (κ1) is 7.56. The third kappa shape index (κ3) is 1.42. The van der Waals surface area contributed by atoms with Crippen molar-refractivity contribution in [1.29, 1.82) is 0 Å². The summed E-state index contributed by atoms with van der Waals surface area (Å²) in [5.74, 6) is 1.01. The Bertz CT molecular complexity index is 142. The molecule has 0 aromatic heterocycles. The van der Waals surface area contributed by atoms with E-state index in [0.717, 1.165) is 18.0 Å². The van der Waals surface area contributed by atoms with Crippen LogP contribution in [0.15, 0.2) is 0 Å². The SMILES string of the molecule is C[C@H]1CNCC(C2CC2)N1C. The van der Waals surface area contributed by atoms with E-state index in [1.807, 2.05) is 0 Å². The van der Waals surface area contributed by atoms with Crippen molar-refractivity contribution in [3.05, 3.63) is 0 Å². The molecule has 1 aliphatic carbocycles. The number of likely N-dealkylation sites (N-methyl/N-ethyl adjacent to an activating group) is 1. The minimum absolute atomic E-state index is 0.731. The molecule has 2 nitrogen and oxygen atoms in total. The summed E-state index contributed by atoms with van der Waals surface area (Å²) in [6.07, 6.45) is 2.92. The standard InChI is InChI=1S/C9H18N2/c1-7-5-10-6-9(11(7)2)8-3-4-8/h7-10H,3-6H2,1-2H3/t7-,9?/m0/s1. The Morgan fingerprint density at radius 1 is 1.27 bits per heavy atom. The fourth-order valence-corrected chi connectivity index (χ4v) is 2.04. The normalized spacial score (nSPS) is 40.9. The van der Waals surface area contributed by atoms with Gasteiger partial charge in [-0.2, -0.15) is 0 Å². The average molecular weight is 154 g/mol. The number of nitrogens with zero attached hydrogens (tertiary/aromatic N) is 1. The molecule has 0 aromatic carbocycles. The van der Waals surface area contributed by atoms with Crippen LogP contribution in [0.3, 0.4) is 0 Å². The van der Waals surface area contributed by atoms with Crippen molar-refractivity contribution >= 4 is 0 Å². The van der Waals surface area contributed by atoms with Gasteiger partial charge in [0.25, 0.3) is 0 Å². The number of nitrogens with one attached hydrogen (secondary N) is 1. The number of hydrogen-bond acceptors (Lipinski definition) is 2. The van der Waals surface area contributed by atoms with Crippen molar-refractivity contribution < 1.29 is 0 Å². The van der Waals surface area contributed by atoms with Crippen LogP contribution in [0.5, 0.6) is 0 Å². The predicted molar refractivity (Wildman–Crippen MR) is 46.6 cm³/mol. The maximum Gasteiger partial charge on any atom is 0.0249 e. The summed E-state index contributed by atoms with van der Waals surface area (Å²) in [4.78, 5) is 2.55. The first-order valence-electron chi connectivity index (χ1n) is 4.71. The zero-order chi connectivity index (χ0) is 7.84. The second kappa shape index (κ2) is 2.76. The van der Waals surface area contributed by atoms with Gasteiger partial charge in [-0.3, -0.25) is 4.90 Å². The lowest BCUT2D eigenvalue weighted by molar-refractivity contribution is 0.125. The molecule has 2 atom stereocenters. The van der Waals surface area contributed by atoms with Crippen LogP contribution in [0.1, 0.15) is 19.8 Å². The molecule has 1 saturated carbocycles. The van der Waals surface area contributed by atoms with Crippen LogP contribution >= 0.6 is 0 Å². The highest BCUT2D eigenvalue weighted by molar-refractivity contribution is 4.93. The van der Waals surface area contributed by atoms with Crippen molar-refractivity contribution in [3.8, 4) is 0 Å². The van der Waals surface area contributed by atoms with Crippen molar-refractivity contribution in [2.75, 3.05) is 20.1 Å². The monoisotopic (exact) mass is 154 g/mol. The molecule has 1 N–H and O–H groups in total. The molecule has 0 spiro atoms. The first-order chi connectivity index (χ1) is 5.29. The van der Waals surface area contributed by atoms with Gasteiger partial charge < -0.3 is 5.32 Å². The van der Waals surface area contributed by atoms with E-state index in [-0.39, 0.29) is 0 Å². The summed E-state index contributed by atoms with van der Waals surface area (Å²) >= 11 is 0. The Labute approximate surface area is 69.0 Å². The third-order valence-electron chi connectivity index (χ3n) is 3.18. The van der Waals surface area contributed by atoms with Crippen LogP contribution in [-0.2, 0) is 0 Å². The first-order valence-corrected chi connectivity index (χ1v) is 4.71. The molecule has 0 radical (unpaired) electrons. The highest BCUT2D eigenvalue weighted by Crippen LogP contribution is 2.35. The van der Waals surface area contributed by atoms with Crippen LogP contribution < -0.4 is 5.32 Å². The summed E-state index contributed by atoms with van der Waals surface area (Å²) in [5, 5.41) is 3.49. The van der Waals surface area contributed by atoms with Crippen LogP contribution in [0.2, 0.25) is 0 Å². The van der Waals surface area contributed by atoms with E-state index in [1.54, 1.807) is 0 Å². The molecule has 1 heterocycles. The fourth-order valence-electron chi connectivity index (χ4n) is 2.04. The second-order valence-electron chi connectivity index (χ2n) is 4.08. The summed E-state index contributed by atoms with van der Waals surface area (Å²) in [6, 6.07) is 1.56. The van der Waals surface area contributed by atoms with E-state index < -0.39 is 0 Å². The van der Waals surface area contributed by atoms with Crippen LogP contribution in [0, 0.1) is 5.92 Å². The van der Waals surface area contributed by atoms with Gasteiger partial charge in [0, 0.05) is 25.2 Å². The summed E-state index contributed by atoms with van der Waals surface area (Å²) in [7, 11) is 2.27.